The van der Waals surface area contributed by atoms with Gasteiger partial charge in [-0.25, -0.2) is 0 Å². The van der Waals surface area contributed by atoms with E-state index in [1.54, 1.807) is 43.5 Å². The smallest absolute Gasteiger partial charge is 0.250 e. The van der Waals surface area contributed by atoms with Crippen molar-refractivity contribution in [1.82, 2.24) is 5.32 Å². The number of hydrogen-bond donors (Lipinski definition) is 3. The zero-order valence-electron chi connectivity index (χ0n) is 15.6. The van der Waals surface area contributed by atoms with Crippen LogP contribution in [-0.2, 0) is 22.4 Å². The molecule has 0 aliphatic heterocycles. The number of methoxy groups -OCH3 is 1. The number of ether oxygens (including phenoxy) is 1. The van der Waals surface area contributed by atoms with E-state index in [0.29, 0.717) is 17.2 Å². The first kappa shape index (κ1) is 21.6. The molecule has 28 heavy (non-hydrogen) atoms. The van der Waals surface area contributed by atoms with Crippen molar-refractivity contribution >= 4 is 29.1 Å². The third-order valence-electron chi connectivity index (χ3n) is 4.26. The van der Waals surface area contributed by atoms with Gasteiger partial charge >= 0.3 is 0 Å². The summed E-state index contributed by atoms with van der Waals surface area (Å²) in [6.07, 6.45) is 0.720. The van der Waals surface area contributed by atoms with E-state index < -0.39 is 18.4 Å². The van der Waals surface area contributed by atoms with Crippen molar-refractivity contribution in [2.75, 3.05) is 13.7 Å². The molecule has 2 rings (SSSR count). The summed E-state index contributed by atoms with van der Waals surface area (Å²) in [6, 6.07) is 14.4. The fourth-order valence-electron chi connectivity index (χ4n) is 2.79. The van der Waals surface area contributed by atoms with Crippen molar-refractivity contribution < 1.29 is 19.4 Å². The van der Waals surface area contributed by atoms with Crippen molar-refractivity contribution in [1.29, 1.82) is 5.41 Å². The number of amides is 1. The number of aliphatic hydroxyl groups excluding tert-OH is 1. The van der Waals surface area contributed by atoms with E-state index in [-0.39, 0.29) is 24.5 Å². The van der Waals surface area contributed by atoms with E-state index in [2.05, 4.69) is 5.32 Å². The molecule has 0 aliphatic rings. The Kier molecular flexibility index (Phi) is 8.17. The summed E-state index contributed by atoms with van der Waals surface area (Å²) in [7, 11) is 1.58. The van der Waals surface area contributed by atoms with Crippen LogP contribution in [0.3, 0.4) is 0 Å². The first-order valence-electron chi connectivity index (χ1n) is 8.79. The lowest BCUT2D eigenvalue weighted by Crippen LogP contribution is -2.38. The van der Waals surface area contributed by atoms with Gasteiger partial charge in [0.25, 0.3) is 5.91 Å². The molecule has 6 nitrogen and oxygen atoms in total. The number of nitrogens with one attached hydrogen (secondary N) is 2. The Morgan fingerprint density at radius 3 is 2.29 bits per heavy atom. The van der Waals surface area contributed by atoms with Crippen LogP contribution >= 0.6 is 11.6 Å². The highest BCUT2D eigenvalue weighted by molar-refractivity contribution is 6.30. The Balaban J connectivity index is 2.09. The Labute approximate surface area is 169 Å². The first-order valence-corrected chi connectivity index (χ1v) is 9.17. The molecule has 3 N–H and O–H groups in total. The predicted octanol–water partition coefficient (Wildman–Crippen LogP) is 2.79. The van der Waals surface area contributed by atoms with Crippen LogP contribution in [-0.4, -0.2) is 36.3 Å². The van der Waals surface area contributed by atoms with Gasteiger partial charge in [-0.15, -0.1) is 0 Å². The molecule has 0 saturated carbocycles. The minimum atomic E-state index is -0.712. The number of benzene rings is 2. The Hall–Kier alpha value is -2.70. The Bertz CT molecular complexity index is 819. The van der Waals surface area contributed by atoms with Crippen LogP contribution in [0.15, 0.2) is 48.5 Å². The lowest BCUT2D eigenvalue weighted by molar-refractivity contribution is -0.123. The number of halogens is 1. The number of carbonyl (C=O) groups is 2. The van der Waals surface area contributed by atoms with Gasteiger partial charge in [-0.05, 0) is 41.8 Å². The fraction of sp³-hybridized carbons (Fsp3) is 0.286. The van der Waals surface area contributed by atoms with E-state index >= 15 is 0 Å². The summed E-state index contributed by atoms with van der Waals surface area (Å²) >= 11 is 5.87. The molecular weight excluding hydrogens is 380 g/mol. The van der Waals surface area contributed by atoms with Crippen molar-refractivity contribution in [2.45, 2.75) is 19.3 Å². The van der Waals surface area contributed by atoms with Crippen molar-refractivity contribution in [3.63, 3.8) is 0 Å². The SMILES string of the molecule is COc1ccc(CC(CC(=O)Cc2ccc(Cl)cc2)C(=N)NC(=O)CO)cc1. The summed E-state index contributed by atoms with van der Waals surface area (Å²) < 4.78 is 5.14. The predicted molar refractivity (Wildman–Crippen MR) is 108 cm³/mol. The average Bonchev–Trinajstić information content (AvgIpc) is 2.69. The molecule has 0 heterocycles. The van der Waals surface area contributed by atoms with Crippen molar-refractivity contribution in [3.05, 3.63) is 64.7 Å². The highest BCUT2D eigenvalue weighted by atomic mass is 35.5. The lowest BCUT2D eigenvalue weighted by atomic mass is 9.91. The summed E-state index contributed by atoms with van der Waals surface area (Å²) in [5.74, 6) is -0.607. The third kappa shape index (κ3) is 6.79. The van der Waals surface area contributed by atoms with Crippen molar-refractivity contribution in [2.24, 2.45) is 5.92 Å². The topological polar surface area (TPSA) is 99.5 Å². The Morgan fingerprint density at radius 1 is 1.11 bits per heavy atom. The monoisotopic (exact) mass is 402 g/mol. The second-order valence-corrected chi connectivity index (χ2v) is 6.85. The molecule has 0 fully saturated rings. The molecule has 148 valence electrons. The molecule has 0 aliphatic carbocycles. The minimum Gasteiger partial charge on any atom is -0.497 e. The van der Waals surface area contributed by atoms with Gasteiger partial charge in [0.15, 0.2) is 0 Å². The van der Waals surface area contributed by atoms with Gasteiger partial charge in [-0.2, -0.15) is 0 Å². The second kappa shape index (κ2) is 10.6. The zero-order chi connectivity index (χ0) is 20.5. The largest absolute Gasteiger partial charge is 0.497 e. The molecule has 0 radical (unpaired) electrons. The maximum atomic E-state index is 12.5. The summed E-state index contributed by atoms with van der Waals surface area (Å²) in [4.78, 5) is 24.0. The molecule has 7 heteroatoms. The first-order chi connectivity index (χ1) is 13.4. The number of rotatable bonds is 9. The van der Waals surface area contributed by atoms with Crippen LogP contribution in [0.5, 0.6) is 5.75 Å². The van der Waals surface area contributed by atoms with Crippen LogP contribution in [0.1, 0.15) is 17.5 Å². The highest BCUT2D eigenvalue weighted by Gasteiger charge is 2.21. The van der Waals surface area contributed by atoms with Crippen LogP contribution in [0.4, 0.5) is 0 Å². The number of aliphatic hydroxyl groups is 1. The molecule has 1 amide bonds. The quantitative estimate of drug-likeness (QED) is 0.443. The summed E-state index contributed by atoms with van der Waals surface area (Å²) in [5.41, 5.74) is 1.75. The molecule has 0 spiro atoms. The third-order valence-corrected chi connectivity index (χ3v) is 4.51. The zero-order valence-corrected chi connectivity index (χ0v) is 16.3. The maximum Gasteiger partial charge on any atom is 0.250 e. The fourth-order valence-corrected chi connectivity index (χ4v) is 2.92. The van der Waals surface area contributed by atoms with Crippen LogP contribution < -0.4 is 10.1 Å². The van der Waals surface area contributed by atoms with E-state index in [4.69, 9.17) is 26.9 Å². The standard InChI is InChI=1S/C21H23ClN2O4/c1-28-19-8-4-14(5-9-19)10-16(21(23)24-20(27)13-25)12-18(26)11-15-2-6-17(22)7-3-15/h2-9,16,25H,10-13H2,1H3,(H2,23,24,27). The van der Waals surface area contributed by atoms with Crippen LogP contribution in [0.25, 0.3) is 0 Å². The molecule has 2 aromatic carbocycles. The molecular formula is C21H23ClN2O4. The number of amidine groups is 1. The highest BCUT2D eigenvalue weighted by Crippen LogP contribution is 2.19. The number of carbonyl (C=O) groups excluding carboxylic acids is 2. The van der Waals surface area contributed by atoms with Gasteiger partial charge in [0, 0.05) is 23.8 Å². The molecule has 0 saturated heterocycles. The van der Waals surface area contributed by atoms with Crippen LogP contribution in [0, 0.1) is 11.3 Å². The Morgan fingerprint density at radius 2 is 1.71 bits per heavy atom. The number of ketones is 1. The van der Waals surface area contributed by atoms with E-state index in [0.717, 1.165) is 11.1 Å². The minimum absolute atomic E-state index is 0.0520. The van der Waals surface area contributed by atoms with Gasteiger partial charge in [-0.3, -0.25) is 15.0 Å². The van der Waals surface area contributed by atoms with Crippen LogP contribution in [0.2, 0.25) is 5.02 Å². The number of Topliss-reactive ketones (excluding diaryl/α,β-unsaturated/α-hetero) is 1. The second-order valence-electron chi connectivity index (χ2n) is 6.42. The van der Waals surface area contributed by atoms with Gasteiger partial charge in [0.2, 0.25) is 0 Å². The van der Waals surface area contributed by atoms with E-state index in [9.17, 15) is 9.59 Å². The van der Waals surface area contributed by atoms with E-state index in [1.165, 1.54) is 0 Å². The average molecular weight is 403 g/mol. The molecule has 2 aromatic rings. The van der Waals surface area contributed by atoms with Gasteiger partial charge in [-0.1, -0.05) is 35.9 Å². The maximum absolute atomic E-state index is 12.5. The normalized spacial score (nSPS) is 11.5. The van der Waals surface area contributed by atoms with Gasteiger partial charge in [0.1, 0.15) is 24.0 Å². The molecule has 1 unspecified atom stereocenters. The number of hydrogen-bond acceptors (Lipinski definition) is 5. The lowest BCUT2D eigenvalue weighted by Gasteiger charge is -2.18. The molecule has 1 atom stereocenters. The molecule has 0 bridgehead atoms. The van der Waals surface area contributed by atoms with Gasteiger partial charge in [0.05, 0.1) is 7.11 Å². The summed E-state index contributed by atoms with van der Waals surface area (Å²) in [5, 5.41) is 20.0. The van der Waals surface area contributed by atoms with Gasteiger partial charge < -0.3 is 15.2 Å². The summed E-state index contributed by atoms with van der Waals surface area (Å²) in [6.45, 7) is -0.712. The molecule has 0 aromatic heterocycles. The van der Waals surface area contributed by atoms with Crippen molar-refractivity contribution in [3.8, 4) is 5.75 Å². The van der Waals surface area contributed by atoms with E-state index in [1.807, 2.05) is 12.1 Å².